The second-order valence-corrected chi connectivity index (χ2v) is 17.5. The number of likely N-dealkylation sites (N-methyl/N-ethyl adjacent to an activating group) is 1. The van der Waals surface area contributed by atoms with Crippen LogP contribution in [0.15, 0.2) is 36.4 Å². The third-order valence-corrected chi connectivity index (χ3v) is 13.4. The minimum absolute atomic E-state index is 0.0879. The average Bonchev–Trinajstić information content (AvgIpc) is 3.68. The van der Waals surface area contributed by atoms with E-state index in [1.165, 1.54) is 11.7 Å². The number of carbonyl (C=O) groups is 2. The fraction of sp³-hybridized carbons (Fsp3) is 0.488. The highest BCUT2D eigenvalue weighted by atomic mass is 32.2. The number of methoxy groups -OCH3 is 1. The summed E-state index contributed by atoms with van der Waals surface area (Å²) in [5, 5.41) is 4.69. The molecular formula is C41H47F3N6O4S. The number of hydrogen-bond donors (Lipinski definition) is 1. The Morgan fingerprint density at radius 3 is 2.33 bits per heavy atom. The molecule has 3 atom stereocenters. The number of amides is 2. The third-order valence-electron chi connectivity index (χ3n) is 12.1. The molecule has 2 amide bonds. The first-order valence-corrected chi connectivity index (χ1v) is 20.4. The number of aromatic nitrogens is 3. The predicted molar refractivity (Wildman–Crippen MR) is 207 cm³/mol. The highest BCUT2D eigenvalue weighted by molar-refractivity contribution is 7.84. The number of hydrogen-bond acceptors (Lipinski definition) is 6. The summed E-state index contributed by atoms with van der Waals surface area (Å²) in [7, 11) is 3.46. The van der Waals surface area contributed by atoms with Crippen molar-refractivity contribution in [2.45, 2.75) is 94.8 Å². The first-order chi connectivity index (χ1) is 26.2. The van der Waals surface area contributed by atoms with Crippen LogP contribution in [0.3, 0.4) is 0 Å². The summed E-state index contributed by atoms with van der Waals surface area (Å²) in [4.78, 5) is 31.8. The van der Waals surface area contributed by atoms with Crippen LogP contribution < -0.4 is 9.46 Å². The summed E-state index contributed by atoms with van der Waals surface area (Å²) in [6.45, 7) is 4.32. The Balaban J connectivity index is 1.35. The smallest absolute Gasteiger partial charge is 0.435 e. The molecule has 2 saturated heterocycles. The second kappa shape index (κ2) is 14.3. The normalized spacial score (nSPS) is 21.0. The van der Waals surface area contributed by atoms with Gasteiger partial charge in [-0.15, -0.1) is 0 Å². The molecule has 1 N–H and O–H groups in total. The third kappa shape index (κ3) is 6.58. The van der Waals surface area contributed by atoms with Crippen molar-refractivity contribution in [3.05, 3.63) is 70.0 Å². The Morgan fingerprint density at radius 1 is 0.964 bits per heavy atom. The molecule has 1 aliphatic carbocycles. The topological polar surface area (TPSA) is 102 Å². The van der Waals surface area contributed by atoms with Crippen molar-refractivity contribution in [2.75, 3.05) is 27.2 Å². The first kappa shape index (κ1) is 37.5. The van der Waals surface area contributed by atoms with E-state index in [1.807, 2.05) is 37.4 Å². The molecular weight excluding hydrogens is 730 g/mol. The molecule has 2 bridgehead atoms. The molecule has 292 valence electrons. The molecule has 10 nitrogen and oxygen atoms in total. The Labute approximate surface area is 321 Å². The van der Waals surface area contributed by atoms with Crippen LogP contribution in [0.1, 0.15) is 108 Å². The number of piperazine rings is 1. The second-order valence-electron chi connectivity index (χ2n) is 15.8. The van der Waals surface area contributed by atoms with Crippen LogP contribution in [0.4, 0.5) is 13.2 Å². The molecule has 3 aliphatic heterocycles. The maximum absolute atomic E-state index is 14.9. The monoisotopic (exact) mass is 776 g/mol. The first-order valence-electron chi connectivity index (χ1n) is 19.2. The predicted octanol–water partition coefficient (Wildman–Crippen LogP) is 7.39. The van der Waals surface area contributed by atoms with Gasteiger partial charge in [0.2, 0.25) is 0 Å². The molecule has 0 spiro atoms. The Hall–Kier alpha value is -4.43. The minimum atomic E-state index is -4.88. The lowest BCUT2D eigenvalue weighted by Crippen LogP contribution is -2.53. The van der Waals surface area contributed by atoms with E-state index in [9.17, 15) is 27.0 Å². The highest BCUT2D eigenvalue weighted by Crippen LogP contribution is 2.48. The van der Waals surface area contributed by atoms with Crippen LogP contribution in [0, 0.1) is 0 Å². The lowest BCUT2D eigenvalue weighted by molar-refractivity contribution is -0.141. The van der Waals surface area contributed by atoms with Gasteiger partial charge in [0, 0.05) is 59.5 Å². The van der Waals surface area contributed by atoms with E-state index >= 15 is 0 Å². The SMILES string of the molecule is COc1ccc2c(c1)C=C(c1c(C(=O)N3CC4CCC(C3)N4C)c(C(F)(F)F)nn1C)Cn1c-2c(C2CCCCC2)c2ccc(C(=O)NS(=O)C(C)C)cc21. The molecule has 4 aliphatic rings. The molecule has 4 aromatic rings. The summed E-state index contributed by atoms with van der Waals surface area (Å²) in [5.41, 5.74) is 3.67. The molecule has 2 aromatic carbocycles. The standard InChI is InChI=1S/C41H47F3N6O4S/c1-23(2)55(53)46-39(51)25-11-15-32-33(19-25)50-20-27(17-26-18-30(54-5)14-16-31(26)37(50)34(32)24-9-7-6-8-10-24)36-35(38(41(42,43)44)45-48(36)4)40(52)49-21-28-12-13-29(22-49)47(28)3/h11,14-19,23-24,28-29H,6-10,12-13,20-22H2,1-5H3,(H,46,51). The average molecular weight is 777 g/mol. The maximum atomic E-state index is 14.9. The van der Waals surface area contributed by atoms with Crippen LogP contribution in [-0.2, 0) is 30.8 Å². The molecule has 2 aromatic heterocycles. The van der Waals surface area contributed by atoms with E-state index in [0.29, 0.717) is 30.0 Å². The number of carbonyl (C=O) groups excluding carboxylic acids is 2. The fourth-order valence-corrected chi connectivity index (χ4v) is 9.86. The van der Waals surface area contributed by atoms with Crippen LogP contribution in [0.25, 0.3) is 33.8 Å². The summed E-state index contributed by atoms with van der Waals surface area (Å²) < 4.78 is 69.0. The van der Waals surface area contributed by atoms with Crippen molar-refractivity contribution in [1.29, 1.82) is 0 Å². The molecule has 8 rings (SSSR count). The number of aryl methyl sites for hydroxylation is 1. The number of rotatable bonds is 7. The van der Waals surface area contributed by atoms with Gasteiger partial charge in [-0.05, 0) is 106 Å². The van der Waals surface area contributed by atoms with E-state index in [1.54, 1.807) is 38.0 Å². The summed E-state index contributed by atoms with van der Waals surface area (Å²) in [5.74, 6) is -0.349. The van der Waals surface area contributed by atoms with Gasteiger partial charge in [0.05, 0.1) is 30.6 Å². The number of allylic oxidation sites excluding steroid dienone is 1. The van der Waals surface area contributed by atoms with Crippen LogP contribution >= 0.6 is 0 Å². The van der Waals surface area contributed by atoms with Crippen molar-refractivity contribution in [2.24, 2.45) is 7.05 Å². The van der Waals surface area contributed by atoms with Gasteiger partial charge in [-0.2, -0.15) is 18.3 Å². The summed E-state index contributed by atoms with van der Waals surface area (Å²) in [6, 6.07) is 11.4. The quantitative estimate of drug-likeness (QED) is 0.210. The molecule has 3 fully saturated rings. The number of fused-ring (bicyclic) bond motifs is 7. The van der Waals surface area contributed by atoms with Crippen LogP contribution in [0.5, 0.6) is 5.75 Å². The Bertz CT molecular complexity index is 2240. The van der Waals surface area contributed by atoms with E-state index in [0.717, 1.165) is 78.2 Å². The molecule has 14 heteroatoms. The summed E-state index contributed by atoms with van der Waals surface area (Å²) >= 11 is 0. The number of ether oxygens (including phenoxy) is 1. The number of nitrogens with zero attached hydrogens (tertiary/aromatic N) is 5. The molecule has 55 heavy (non-hydrogen) atoms. The van der Waals surface area contributed by atoms with E-state index < -0.39 is 40.2 Å². The number of likely N-dealkylation sites (tertiary alicyclic amines) is 1. The van der Waals surface area contributed by atoms with E-state index in [4.69, 9.17) is 4.74 Å². The van der Waals surface area contributed by atoms with Crippen molar-refractivity contribution in [3.8, 4) is 17.0 Å². The zero-order valence-corrected chi connectivity index (χ0v) is 32.6. The maximum Gasteiger partial charge on any atom is 0.435 e. The zero-order valence-electron chi connectivity index (χ0n) is 31.8. The van der Waals surface area contributed by atoms with Crippen molar-refractivity contribution in [1.82, 2.24) is 28.9 Å². The van der Waals surface area contributed by atoms with Gasteiger partial charge in [-0.3, -0.25) is 23.9 Å². The molecule has 3 unspecified atom stereocenters. The number of benzene rings is 2. The fourth-order valence-electron chi connectivity index (χ4n) is 9.33. The number of halogens is 3. The van der Waals surface area contributed by atoms with Gasteiger partial charge < -0.3 is 14.2 Å². The minimum Gasteiger partial charge on any atom is -0.497 e. The lowest BCUT2D eigenvalue weighted by atomic mass is 9.81. The van der Waals surface area contributed by atoms with E-state index in [2.05, 4.69) is 19.3 Å². The molecule has 0 radical (unpaired) electrons. The van der Waals surface area contributed by atoms with Crippen molar-refractivity contribution < 1.29 is 31.7 Å². The van der Waals surface area contributed by atoms with Crippen molar-refractivity contribution in [3.63, 3.8) is 0 Å². The Kier molecular flexibility index (Phi) is 9.72. The van der Waals surface area contributed by atoms with Gasteiger partial charge in [0.25, 0.3) is 11.8 Å². The highest BCUT2D eigenvalue weighted by Gasteiger charge is 2.46. The number of nitrogens with one attached hydrogen (secondary N) is 1. The summed E-state index contributed by atoms with van der Waals surface area (Å²) in [6.07, 6.45) is 4.03. The van der Waals surface area contributed by atoms with Crippen molar-refractivity contribution >= 4 is 45.4 Å². The van der Waals surface area contributed by atoms with Crippen LogP contribution in [-0.4, -0.2) is 84.8 Å². The van der Waals surface area contributed by atoms with Gasteiger partial charge in [0.1, 0.15) is 16.7 Å². The van der Waals surface area contributed by atoms with Gasteiger partial charge in [-0.25, -0.2) is 4.21 Å². The number of alkyl halides is 3. The lowest BCUT2D eigenvalue weighted by Gasteiger charge is -2.39. The zero-order chi connectivity index (χ0) is 38.9. The largest absolute Gasteiger partial charge is 0.497 e. The van der Waals surface area contributed by atoms with E-state index in [-0.39, 0.29) is 35.5 Å². The van der Waals surface area contributed by atoms with Gasteiger partial charge in [-0.1, -0.05) is 25.3 Å². The van der Waals surface area contributed by atoms with Gasteiger partial charge in [0.15, 0.2) is 5.69 Å². The molecule has 5 heterocycles. The van der Waals surface area contributed by atoms with Crippen LogP contribution in [0.2, 0.25) is 0 Å². The van der Waals surface area contributed by atoms with Gasteiger partial charge >= 0.3 is 6.18 Å². The molecule has 1 saturated carbocycles. The Morgan fingerprint density at radius 2 is 1.67 bits per heavy atom.